The Morgan fingerprint density at radius 2 is 1.81 bits per heavy atom. The molecule has 0 spiro atoms. The highest BCUT2D eigenvalue weighted by Gasteiger charge is 2.25. The van der Waals surface area contributed by atoms with Crippen LogP contribution in [0.1, 0.15) is 49.4 Å². The lowest BCUT2D eigenvalue weighted by molar-refractivity contribution is -0.122. The Bertz CT molecular complexity index is 619. The number of nitrogens with zero attached hydrogens (tertiary/aromatic N) is 2. The van der Waals surface area contributed by atoms with Crippen LogP contribution in [-0.2, 0) is 4.79 Å². The van der Waals surface area contributed by atoms with Crippen LogP contribution in [0.15, 0.2) is 24.3 Å². The summed E-state index contributed by atoms with van der Waals surface area (Å²) in [6, 6.07) is 7.26. The Balaban J connectivity index is 1.48. The van der Waals surface area contributed by atoms with Crippen molar-refractivity contribution in [2.24, 2.45) is 11.8 Å². The zero-order valence-electron chi connectivity index (χ0n) is 16.0. The van der Waals surface area contributed by atoms with Gasteiger partial charge in [-0.1, -0.05) is 13.3 Å². The monoisotopic (exact) mass is 357 g/mol. The molecule has 5 heteroatoms. The highest BCUT2D eigenvalue weighted by Crippen LogP contribution is 2.27. The number of nitrogens with one attached hydrogen (secondary N) is 1. The van der Waals surface area contributed by atoms with E-state index < -0.39 is 0 Å². The molecule has 1 atom stereocenters. The molecule has 1 aliphatic carbocycles. The summed E-state index contributed by atoms with van der Waals surface area (Å²) in [4.78, 5) is 28.9. The Morgan fingerprint density at radius 1 is 1.15 bits per heavy atom. The SMILES string of the molecule is C[C@H](CN1CCCC1)CN(C)C(=O)c1ccc(NC(=O)C2CCC2)cc1. The number of carbonyl (C=O) groups is 2. The molecule has 0 bridgehead atoms. The van der Waals surface area contributed by atoms with Gasteiger partial charge in [0.05, 0.1) is 0 Å². The molecule has 0 unspecified atom stereocenters. The van der Waals surface area contributed by atoms with Crippen molar-refractivity contribution < 1.29 is 9.59 Å². The first kappa shape index (κ1) is 18.9. The number of likely N-dealkylation sites (tertiary alicyclic amines) is 1. The summed E-state index contributed by atoms with van der Waals surface area (Å²) >= 11 is 0. The van der Waals surface area contributed by atoms with Gasteiger partial charge in [0.1, 0.15) is 0 Å². The molecule has 1 N–H and O–H groups in total. The summed E-state index contributed by atoms with van der Waals surface area (Å²) in [6.45, 7) is 6.41. The number of benzene rings is 1. The highest BCUT2D eigenvalue weighted by molar-refractivity contribution is 5.96. The maximum Gasteiger partial charge on any atom is 0.253 e. The lowest BCUT2D eigenvalue weighted by Gasteiger charge is -2.25. The third-order valence-corrected chi connectivity index (χ3v) is 5.58. The van der Waals surface area contributed by atoms with E-state index in [0.717, 1.165) is 38.0 Å². The average Bonchev–Trinajstić information content (AvgIpc) is 3.05. The van der Waals surface area contributed by atoms with Crippen LogP contribution >= 0.6 is 0 Å². The van der Waals surface area contributed by atoms with E-state index in [1.165, 1.54) is 25.9 Å². The van der Waals surface area contributed by atoms with Crippen LogP contribution < -0.4 is 5.32 Å². The van der Waals surface area contributed by atoms with Gasteiger partial charge in [-0.2, -0.15) is 0 Å². The third-order valence-electron chi connectivity index (χ3n) is 5.58. The van der Waals surface area contributed by atoms with Crippen molar-refractivity contribution in [1.29, 1.82) is 0 Å². The van der Waals surface area contributed by atoms with Gasteiger partial charge in [0.2, 0.25) is 5.91 Å². The van der Waals surface area contributed by atoms with Crippen LogP contribution in [-0.4, -0.2) is 54.8 Å². The van der Waals surface area contributed by atoms with Crippen molar-refractivity contribution in [3.63, 3.8) is 0 Å². The number of hydrogen-bond donors (Lipinski definition) is 1. The van der Waals surface area contributed by atoms with E-state index in [0.29, 0.717) is 11.5 Å². The van der Waals surface area contributed by atoms with Gasteiger partial charge in [-0.05, 0) is 69.0 Å². The normalized spacial score (nSPS) is 19.0. The maximum atomic E-state index is 12.6. The van der Waals surface area contributed by atoms with Gasteiger partial charge in [-0.3, -0.25) is 9.59 Å². The second kappa shape index (κ2) is 8.67. The number of carbonyl (C=O) groups excluding carboxylic acids is 2. The fourth-order valence-corrected chi connectivity index (χ4v) is 3.85. The van der Waals surface area contributed by atoms with E-state index in [2.05, 4.69) is 17.1 Å². The van der Waals surface area contributed by atoms with Crippen LogP contribution in [0, 0.1) is 11.8 Å². The number of rotatable bonds is 7. The van der Waals surface area contributed by atoms with Gasteiger partial charge >= 0.3 is 0 Å². The molecule has 2 aliphatic rings. The molecule has 1 aliphatic heterocycles. The lowest BCUT2D eigenvalue weighted by Crippen LogP contribution is -2.35. The Hall–Kier alpha value is -1.88. The summed E-state index contributed by atoms with van der Waals surface area (Å²) in [7, 11) is 1.87. The molecule has 3 rings (SSSR count). The molecule has 142 valence electrons. The number of amides is 2. The van der Waals surface area contributed by atoms with Crippen molar-refractivity contribution in [3.05, 3.63) is 29.8 Å². The van der Waals surface area contributed by atoms with Gasteiger partial charge in [-0.15, -0.1) is 0 Å². The molecule has 0 aromatic heterocycles. The van der Waals surface area contributed by atoms with Crippen LogP contribution in [0.25, 0.3) is 0 Å². The fourth-order valence-electron chi connectivity index (χ4n) is 3.85. The van der Waals surface area contributed by atoms with E-state index in [1.807, 2.05) is 24.1 Å². The van der Waals surface area contributed by atoms with Crippen LogP contribution in [0.2, 0.25) is 0 Å². The molecular formula is C21H31N3O2. The molecule has 2 amide bonds. The molecule has 1 saturated carbocycles. The van der Waals surface area contributed by atoms with Crippen molar-refractivity contribution in [3.8, 4) is 0 Å². The maximum absolute atomic E-state index is 12.6. The van der Waals surface area contributed by atoms with Gasteiger partial charge in [0.15, 0.2) is 0 Å². The fraction of sp³-hybridized carbons (Fsp3) is 0.619. The summed E-state index contributed by atoms with van der Waals surface area (Å²) in [6.07, 6.45) is 5.72. The molecule has 1 aromatic rings. The molecule has 26 heavy (non-hydrogen) atoms. The zero-order valence-corrected chi connectivity index (χ0v) is 16.0. The minimum absolute atomic E-state index is 0.0372. The molecule has 1 saturated heterocycles. The quantitative estimate of drug-likeness (QED) is 0.815. The zero-order chi connectivity index (χ0) is 18.5. The number of hydrogen-bond acceptors (Lipinski definition) is 3. The highest BCUT2D eigenvalue weighted by atomic mass is 16.2. The van der Waals surface area contributed by atoms with E-state index in [9.17, 15) is 9.59 Å². The topological polar surface area (TPSA) is 52.6 Å². The first-order valence-corrected chi connectivity index (χ1v) is 9.91. The Morgan fingerprint density at radius 3 is 2.38 bits per heavy atom. The molecule has 2 fully saturated rings. The van der Waals surface area contributed by atoms with Crippen LogP contribution in [0.3, 0.4) is 0 Å². The van der Waals surface area contributed by atoms with Gasteiger partial charge < -0.3 is 15.1 Å². The van der Waals surface area contributed by atoms with Crippen molar-refractivity contribution in [2.75, 3.05) is 38.5 Å². The van der Waals surface area contributed by atoms with Crippen molar-refractivity contribution in [2.45, 2.75) is 39.0 Å². The molecule has 5 nitrogen and oxygen atoms in total. The van der Waals surface area contributed by atoms with Crippen molar-refractivity contribution in [1.82, 2.24) is 9.80 Å². The molecule has 1 heterocycles. The smallest absolute Gasteiger partial charge is 0.253 e. The predicted molar refractivity (Wildman–Crippen MR) is 104 cm³/mol. The standard InChI is InChI=1S/C21H31N3O2/c1-16(15-24-12-3-4-13-24)14-23(2)21(26)18-8-10-19(11-9-18)22-20(25)17-6-5-7-17/h8-11,16-17H,3-7,12-15H2,1-2H3,(H,22,25)/t16-/m0/s1. The van der Waals surface area contributed by atoms with Gasteiger partial charge in [0.25, 0.3) is 5.91 Å². The Labute approximate surface area is 156 Å². The van der Waals surface area contributed by atoms with E-state index in [1.54, 1.807) is 12.1 Å². The van der Waals surface area contributed by atoms with Gasteiger partial charge in [0, 0.05) is 37.3 Å². The Kier molecular flexibility index (Phi) is 6.30. The van der Waals surface area contributed by atoms with E-state index in [4.69, 9.17) is 0 Å². The van der Waals surface area contributed by atoms with Gasteiger partial charge in [-0.25, -0.2) is 0 Å². The third kappa shape index (κ3) is 4.85. The van der Waals surface area contributed by atoms with E-state index in [-0.39, 0.29) is 17.7 Å². The van der Waals surface area contributed by atoms with Crippen LogP contribution in [0.4, 0.5) is 5.69 Å². The summed E-state index contributed by atoms with van der Waals surface area (Å²) < 4.78 is 0. The largest absolute Gasteiger partial charge is 0.341 e. The average molecular weight is 357 g/mol. The predicted octanol–water partition coefficient (Wildman–Crippen LogP) is 3.23. The van der Waals surface area contributed by atoms with Crippen LogP contribution in [0.5, 0.6) is 0 Å². The molecule has 1 aromatic carbocycles. The lowest BCUT2D eigenvalue weighted by atomic mass is 9.85. The minimum atomic E-state index is 0.0372. The summed E-state index contributed by atoms with van der Waals surface area (Å²) in [5, 5.41) is 2.94. The first-order valence-electron chi connectivity index (χ1n) is 9.91. The van der Waals surface area contributed by atoms with E-state index >= 15 is 0 Å². The first-order chi connectivity index (χ1) is 12.5. The second-order valence-electron chi connectivity index (χ2n) is 7.99. The summed E-state index contributed by atoms with van der Waals surface area (Å²) in [5.74, 6) is 0.765. The second-order valence-corrected chi connectivity index (χ2v) is 7.99. The minimum Gasteiger partial charge on any atom is -0.341 e. The molecule has 0 radical (unpaired) electrons. The molecular weight excluding hydrogens is 326 g/mol. The number of anilines is 1. The summed E-state index contributed by atoms with van der Waals surface area (Å²) in [5.41, 5.74) is 1.44. The van der Waals surface area contributed by atoms with Crippen molar-refractivity contribution >= 4 is 17.5 Å².